The van der Waals surface area contributed by atoms with E-state index in [0.29, 0.717) is 13.0 Å². The van der Waals surface area contributed by atoms with Gasteiger partial charge in [0.05, 0.1) is 24.9 Å². The van der Waals surface area contributed by atoms with Gasteiger partial charge in [-0.25, -0.2) is 4.98 Å². The first kappa shape index (κ1) is 13.5. The molecule has 0 N–H and O–H groups in total. The van der Waals surface area contributed by atoms with Crippen LogP contribution in [0.5, 0.6) is 5.75 Å². The molecule has 0 aliphatic rings. The van der Waals surface area contributed by atoms with E-state index in [-0.39, 0.29) is 16.5 Å². The maximum absolute atomic E-state index is 11.9. The van der Waals surface area contributed by atoms with Crippen LogP contribution in [0.1, 0.15) is 20.3 Å². The van der Waals surface area contributed by atoms with Crippen molar-refractivity contribution in [3.8, 4) is 11.8 Å². The summed E-state index contributed by atoms with van der Waals surface area (Å²) in [5.41, 5.74) is -0.812. The number of ether oxygens (including phenoxy) is 1. The molecule has 0 radical (unpaired) electrons. The molecule has 5 nitrogen and oxygen atoms in total. The van der Waals surface area contributed by atoms with E-state index in [2.05, 4.69) is 11.1 Å². The fourth-order valence-corrected chi connectivity index (χ4v) is 1.44. The zero-order chi connectivity index (χ0) is 13.1. The Morgan fingerprint density at radius 3 is 2.82 bits per heavy atom. The van der Waals surface area contributed by atoms with E-state index < -0.39 is 5.41 Å². The highest BCUT2D eigenvalue weighted by Gasteiger charge is 2.18. The average molecular weight is 256 g/mol. The third kappa shape index (κ3) is 3.21. The summed E-state index contributed by atoms with van der Waals surface area (Å²) in [5, 5.41) is 8.94. The summed E-state index contributed by atoms with van der Waals surface area (Å²) in [6, 6.07) is 2.18. The van der Waals surface area contributed by atoms with Crippen molar-refractivity contribution < 1.29 is 4.74 Å². The van der Waals surface area contributed by atoms with Gasteiger partial charge in [-0.1, -0.05) is 11.6 Å². The zero-order valence-electron chi connectivity index (χ0n) is 10.0. The monoisotopic (exact) mass is 255 g/mol. The largest absolute Gasteiger partial charge is 0.489 e. The maximum atomic E-state index is 11.9. The van der Waals surface area contributed by atoms with Crippen molar-refractivity contribution in [3.63, 3.8) is 0 Å². The van der Waals surface area contributed by atoms with Gasteiger partial charge in [0.1, 0.15) is 0 Å². The number of rotatable bonds is 4. The molecule has 0 aliphatic heterocycles. The van der Waals surface area contributed by atoms with Crippen molar-refractivity contribution >= 4 is 11.6 Å². The highest BCUT2D eigenvalue weighted by Crippen LogP contribution is 2.20. The molecule has 0 aliphatic carbocycles. The van der Waals surface area contributed by atoms with Gasteiger partial charge in [-0.05, 0) is 20.3 Å². The lowest BCUT2D eigenvalue weighted by Crippen LogP contribution is -2.24. The lowest BCUT2D eigenvalue weighted by atomic mass is 9.91. The summed E-state index contributed by atoms with van der Waals surface area (Å²) in [6.07, 6.45) is 1.91. The van der Waals surface area contributed by atoms with Gasteiger partial charge in [-0.15, -0.1) is 0 Å². The van der Waals surface area contributed by atoms with Crippen LogP contribution in [0.15, 0.2) is 11.1 Å². The molecule has 1 rings (SSSR count). The Labute approximate surface area is 105 Å². The molecule has 0 amide bonds. The second-order valence-corrected chi connectivity index (χ2v) is 4.67. The lowest BCUT2D eigenvalue weighted by molar-refractivity contribution is 0.381. The van der Waals surface area contributed by atoms with Gasteiger partial charge in [-0.2, -0.15) is 5.26 Å². The number of methoxy groups -OCH3 is 1. The third-order valence-corrected chi connectivity index (χ3v) is 2.71. The van der Waals surface area contributed by atoms with E-state index in [0.717, 1.165) is 0 Å². The van der Waals surface area contributed by atoms with Crippen LogP contribution in [-0.4, -0.2) is 16.7 Å². The Hall–Kier alpha value is -1.54. The smallest absolute Gasteiger partial charge is 0.297 e. The summed E-state index contributed by atoms with van der Waals surface area (Å²) in [5.74, 6) is 0.0314. The van der Waals surface area contributed by atoms with Gasteiger partial charge >= 0.3 is 0 Å². The molecule has 17 heavy (non-hydrogen) atoms. The fourth-order valence-electron chi connectivity index (χ4n) is 1.24. The highest BCUT2D eigenvalue weighted by molar-refractivity contribution is 6.30. The summed E-state index contributed by atoms with van der Waals surface area (Å²) in [4.78, 5) is 15.7. The minimum atomic E-state index is -0.480. The Morgan fingerprint density at radius 2 is 2.29 bits per heavy atom. The van der Waals surface area contributed by atoms with E-state index in [1.165, 1.54) is 18.0 Å². The predicted octanol–water partition coefficient (Wildman–Crippen LogP) is 1.85. The zero-order valence-corrected chi connectivity index (χ0v) is 10.8. The first-order valence-electron chi connectivity index (χ1n) is 5.11. The Morgan fingerprint density at radius 1 is 1.65 bits per heavy atom. The number of nitrogens with zero attached hydrogens (tertiary/aromatic N) is 3. The number of hydrogen-bond donors (Lipinski definition) is 0. The summed E-state index contributed by atoms with van der Waals surface area (Å²) in [6.45, 7) is 4.04. The van der Waals surface area contributed by atoms with E-state index >= 15 is 0 Å². The summed E-state index contributed by atoms with van der Waals surface area (Å²) < 4.78 is 6.27. The first-order valence-corrected chi connectivity index (χ1v) is 5.49. The standard InChI is InChI=1S/C11H14ClN3O2/c1-11(2,6-13)4-5-15-7-14-9(12)8(17-3)10(15)16/h7H,4-5H2,1-3H3. The molecular formula is C11H14ClN3O2. The Balaban J connectivity index is 2.95. The maximum Gasteiger partial charge on any atom is 0.297 e. The number of aromatic nitrogens is 2. The number of hydrogen-bond acceptors (Lipinski definition) is 4. The predicted molar refractivity (Wildman–Crippen MR) is 64.1 cm³/mol. The van der Waals surface area contributed by atoms with Crippen LogP contribution < -0.4 is 10.3 Å². The van der Waals surface area contributed by atoms with E-state index in [1.807, 2.05) is 13.8 Å². The van der Waals surface area contributed by atoms with Crippen LogP contribution in [-0.2, 0) is 6.54 Å². The van der Waals surface area contributed by atoms with Gasteiger partial charge in [0, 0.05) is 6.54 Å². The van der Waals surface area contributed by atoms with E-state index in [9.17, 15) is 4.79 Å². The number of aryl methyl sites for hydroxylation is 1. The lowest BCUT2D eigenvalue weighted by Gasteiger charge is -2.15. The van der Waals surface area contributed by atoms with Crippen molar-refractivity contribution in [1.82, 2.24) is 9.55 Å². The molecular weight excluding hydrogens is 242 g/mol. The van der Waals surface area contributed by atoms with Gasteiger partial charge < -0.3 is 4.74 Å². The van der Waals surface area contributed by atoms with Gasteiger partial charge in [0.25, 0.3) is 5.56 Å². The van der Waals surface area contributed by atoms with Crippen molar-refractivity contribution in [3.05, 3.63) is 21.8 Å². The molecule has 92 valence electrons. The van der Waals surface area contributed by atoms with Crippen molar-refractivity contribution in [1.29, 1.82) is 5.26 Å². The molecule has 0 saturated carbocycles. The molecule has 0 bridgehead atoms. The molecule has 0 unspecified atom stereocenters. The third-order valence-electron chi connectivity index (χ3n) is 2.44. The van der Waals surface area contributed by atoms with Crippen molar-refractivity contribution in [2.75, 3.05) is 7.11 Å². The first-order chi connectivity index (χ1) is 7.91. The quantitative estimate of drug-likeness (QED) is 0.770. The topological polar surface area (TPSA) is 67.9 Å². The summed E-state index contributed by atoms with van der Waals surface area (Å²) >= 11 is 5.72. The molecule has 0 atom stereocenters. The molecule has 0 fully saturated rings. The molecule has 1 heterocycles. The van der Waals surface area contributed by atoms with Crippen LogP contribution in [0.25, 0.3) is 0 Å². The van der Waals surface area contributed by atoms with E-state index in [4.69, 9.17) is 21.6 Å². The normalized spacial score (nSPS) is 11.0. The summed E-state index contributed by atoms with van der Waals surface area (Å²) in [7, 11) is 1.37. The Bertz CT molecular complexity index is 502. The van der Waals surface area contributed by atoms with Gasteiger partial charge in [-0.3, -0.25) is 9.36 Å². The Kier molecular flexibility index (Phi) is 4.13. The SMILES string of the molecule is COc1c(Cl)ncn(CCC(C)(C)C#N)c1=O. The van der Waals surface area contributed by atoms with Crippen molar-refractivity contribution in [2.45, 2.75) is 26.8 Å². The molecule has 1 aromatic heterocycles. The fraction of sp³-hybridized carbons (Fsp3) is 0.545. The van der Waals surface area contributed by atoms with Crippen LogP contribution in [0.4, 0.5) is 0 Å². The number of nitriles is 1. The molecule has 6 heteroatoms. The minimum Gasteiger partial charge on any atom is -0.489 e. The number of halogens is 1. The molecule has 0 saturated heterocycles. The second kappa shape index (κ2) is 5.19. The van der Waals surface area contributed by atoms with Gasteiger partial charge in [0.2, 0.25) is 5.75 Å². The van der Waals surface area contributed by atoms with Crippen LogP contribution >= 0.6 is 11.6 Å². The van der Waals surface area contributed by atoms with E-state index in [1.54, 1.807) is 0 Å². The highest BCUT2D eigenvalue weighted by atomic mass is 35.5. The molecule has 0 aromatic carbocycles. The van der Waals surface area contributed by atoms with Crippen LogP contribution in [0, 0.1) is 16.7 Å². The van der Waals surface area contributed by atoms with Crippen molar-refractivity contribution in [2.24, 2.45) is 5.41 Å². The minimum absolute atomic E-state index is 0.0314. The molecule has 0 spiro atoms. The second-order valence-electron chi connectivity index (χ2n) is 4.31. The van der Waals surface area contributed by atoms with Crippen LogP contribution in [0.3, 0.4) is 0 Å². The molecule has 1 aromatic rings. The van der Waals surface area contributed by atoms with Gasteiger partial charge in [0.15, 0.2) is 5.15 Å². The average Bonchev–Trinajstić information content (AvgIpc) is 2.29. The van der Waals surface area contributed by atoms with Crippen LogP contribution in [0.2, 0.25) is 5.15 Å².